The number of benzene rings is 1. The summed E-state index contributed by atoms with van der Waals surface area (Å²) in [6, 6.07) is 10.4. The fourth-order valence-corrected chi connectivity index (χ4v) is 4.42. The van der Waals surface area contributed by atoms with E-state index in [-0.39, 0.29) is 24.9 Å². The fraction of sp³-hybridized carbons (Fsp3) is 0.480. The molecule has 0 amide bonds. The maximum absolute atomic E-state index is 14.7. The molecule has 2 heterocycles. The molecule has 3 rings (SSSR count). The van der Waals surface area contributed by atoms with Crippen LogP contribution in [-0.2, 0) is 27.9 Å². The zero-order valence-electron chi connectivity index (χ0n) is 21.8. The van der Waals surface area contributed by atoms with Crippen molar-refractivity contribution in [2.45, 2.75) is 58.0 Å². The van der Waals surface area contributed by atoms with E-state index in [2.05, 4.69) is 16.9 Å². The Morgan fingerprint density at radius 1 is 1.28 bits per heavy atom. The maximum atomic E-state index is 14.7. The highest BCUT2D eigenvalue weighted by molar-refractivity contribution is 7.47. The predicted molar refractivity (Wildman–Crippen MR) is 138 cm³/mol. The topological polar surface area (TPSA) is 138 Å². The maximum Gasteiger partial charge on any atom is 0.472 e. The molecule has 0 spiro atoms. The number of halogens is 2. The van der Waals surface area contributed by atoms with Gasteiger partial charge in [0.1, 0.15) is 5.82 Å². The summed E-state index contributed by atoms with van der Waals surface area (Å²) in [7, 11) is -4.62. The minimum Gasteiger partial charge on any atom is -0.463 e. The van der Waals surface area contributed by atoms with E-state index in [1.165, 1.54) is 6.07 Å². The number of alkyl halides is 2. The number of carbonyl (C=O) groups excluding carboxylic acids is 1. The summed E-state index contributed by atoms with van der Waals surface area (Å²) in [6.45, 7) is 7.85. The van der Waals surface area contributed by atoms with Crippen LogP contribution in [0.2, 0.25) is 0 Å². The summed E-state index contributed by atoms with van der Waals surface area (Å²) in [5.74, 6) is -4.45. The number of aromatic nitrogens is 2. The van der Waals surface area contributed by atoms with Crippen LogP contribution in [-0.4, -0.2) is 51.8 Å². The Labute approximate surface area is 224 Å². The summed E-state index contributed by atoms with van der Waals surface area (Å²) < 4.78 is 62.3. The molecule has 1 aromatic heterocycles. The van der Waals surface area contributed by atoms with Crippen LogP contribution < -0.4 is 11.0 Å². The third kappa shape index (κ3) is 8.77. The average Bonchev–Trinajstić information content (AvgIpc) is 3.16. The largest absolute Gasteiger partial charge is 0.472 e. The molecule has 2 N–H and O–H groups in total. The lowest BCUT2D eigenvalue weighted by Crippen LogP contribution is -2.35. The van der Waals surface area contributed by atoms with E-state index in [0.29, 0.717) is 10.3 Å². The molecule has 1 aliphatic rings. The second-order valence-electron chi connectivity index (χ2n) is 9.32. The van der Waals surface area contributed by atoms with Crippen LogP contribution in [0.3, 0.4) is 0 Å². The predicted octanol–water partition coefficient (Wildman–Crippen LogP) is 4.36. The first-order valence-electron chi connectivity index (χ1n) is 12.2. The van der Waals surface area contributed by atoms with Crippen molar-refractivity contribution >= 4 is 25.3 Å². The van der Waals surface area contributed by atoms with E-state index in [0.717, 1.165) is 11.8 Å². The van der Waals surface area contributed by atoms with Crippen LogP contribution >= 0.6 is 7.82 Å². The molecule has 1 aliphatic heterocycles. The quantitative estimate of drug-likeness (QED) is 0.263. The summed E-state index contributed by atoms with van der Waals surface area (Å²) in [4.78, 5) is 38.0. The number of phosphoric acid groups is 1. The molecule has 0 radical (unpaired) electrons. The number of hydrogen-bond acceptors (Lipinski definition) is 9. The van der Waals surface area contributed by atoms with E-state index in [9.17, 15) is 27.8 Å². The molecule has 0 aliphatic carbocycles. The molecule has 214 valence electrons. The first-order valence-corrected chi connectivity index (χ1v) is 13.7. The van der Waals surface area contributed by atoms with Crippen molar-refractivity contribution in [3.05, 3.63) is 65.2 Å². The molecule has 1 saturated heterocycles. The standard InChI is InChI=1S/C25H32F2N3O8P/c1-16(2)37-22(31)17(3)11-13-35-39(33,34)36-15-20-14-25(26,27)23(38-20)30-12-10-21(29-24(30)32)28-18(4)19-8-6-5-7-9-19/h5-10,12,16-17,20,23H,4,11,13-15H2,1-3H3,(H,33,34)(H,28,29,32)/t17-,20?,23-/m1/s1. The molecule has 0 bridgehead atoms. The van der Waals surface area contributed by atoms with Gasteiger partial charge in [-0.1, -0.05) is 43.8 Å². The number of carbonyl (C=O) groups is 1. The van der Waals surface area contributed by atoms with Gasteiger partial charge in [0.15, 0.2) is 0 Å². The van der Waals surface area contributed by atoms with Crippen LogP contribution in [0.5, 0.6) is 0 Å². The average molecular weight is 572 g/mol. The van der Waals surface area contributed by atoms with Gasteiger partial charge < -0.3 is 19.7 Å². The van der Waals surface area contributed by atoms with Gasteiger partial charge in [-0.3, -0.25) is 18.4 Å². The summed E-state index contributed by atoms with van der Waals surface area (Å²) in [5, 5.41) is 2.86. The fourth-order valence-electron chi connectivity index (χ4n) is 3.65. The normalized spacial score (nSPS) is 20.8. The van der Waals surface area contributed by atoms with Gasteiger partial charge in [-0.25, -0.2) is 18.1 Å². The lowest BCUT2D eigenvalue weighted by atomic mass is 10.1. The Morgan fingerprint density at radius 3 is 2.62 bits per heavy atom. The van der Waals surface area contributed by atoms with Gasteiger partial charge in [0.05, 0.1) is 31.3 Å². The molecule has 14 heteroatoms. The number of nitrogens with one attached hydrogen (secondary N) is 1. The number of hydrogen-bond donors (Lipinski definition) is 2. The Bertz CT molecular complexity index is 1260. The first-order chi connectivity index (χ1) is 18.3. The van der Waals surface area contributed by atoms with Crippen LogP contribution in [0.25, 0.3) is 5.70 Å². The number of esters is 1. The lowest BCUT2D eigenvalue weighted by Gasteiger charge is -2.20. The highest BCUT2D eigenvalue weighted by Crippen LogP contribution is 2.47. The second-order valence-corrected chi connectivity index (χ2v) is 10.8. The minimum absolute atomic E-state index is 0.0823. The highest BCUT2D eigenvalue weighted by Gasteiger charge is 2.52. The van der Waals surface area contributed by atoms with Crippen molar-refractivity contribution in [1.82, 2.24) is 9.55 Å². The molecule has 39 heavy (non-hydrogen) atoms. The molecule has 11 nitrogen and oxygen atoms in total. The van der Waals surface area contributed by atoms with Gasteiger partial charge >= 0.3 is 19.5 Å². The van der Waals surface area contributed by atoms with Crippen molar-refractivity contribution < 1.29 is 41.6 Å². The van der Waals surface area contributed by atoms with Gasteiger partial charge in [-0.15, -0.1) is 0 Å². The summed E-state index contributed by atoms with van der Waals surface area (Å²) >= 11 is 0. The van der Waals surface area contributed by atoms with Gasteiger partial charge in [-0.05, 0) is 31.9 Å². The highest BCUT2D eigenvalue weighted by atomic mass is 31.2. The smallest absolute Gasteiger partial charge is 0.463 e. The molecule has 2 unspecified atom stereocenters. The Balaban J connectivity index is 1.54. The van der Waals surface area contributed by atoms with Gasteiger partial charge in [0, 0.05) is 18.3 Å². The molecule has 1 aromatic carbocycles. The minimum atomic E-state index is -4.62. The second kappa shape index (κ2) is 12.9. The van der Waals surface area contributed by atoms with E-state index < -0.39 is 56.7 Å². The first kappa shape index (κ1) is 30.6. The van der Waals surface area contributed by atoms with Gasteiger partial charge in [0.2, 0.25) is 6.23 Å². The third-order valence-corrected chi connectivity index (χ3v) is 6.63. The summed E-state index contributed by atoms with van der Waals surface area (Å²) in [5.41, 5.74) is 0.221. The zero-order valence-corrected chi connectivity index (χ0v) is 22.7. The number of anilines is 1. The summed E-state index contributed by atoms with van der Waals surface area (Å²) in [6.07, 6.45) is -3.28. The van der Waals surface area contributed by atoms with Crippen molar-refractivity contribution in [3.8, 4) is 0 Å². The van der Waals surface area contributed by atoms with Crippen molar-refractivity contribution in [2.75, 3.05) is 18.5 Å². The van der Waals surface area contributed by atoms with Crippen LogP contribution in [0.1, 0.15) is 45.4 Å². The van der Waals surface area contributed by atoms with E-state index >= 15 is 0 Å². The van der Waals surface area contributed by atoms with Crippen LogP contribution in [0.4, 0.5) is 14.6 Å². The molecular weight excluding hydrogens is 539 g/mol. The molecule has 2 aromatic rings. The Morgan fingerprint density at radius 2 is 1.97 bits per heavy atom. The monoisotopic (exact) mass is 571 g/mol. The Kier molecular flexibility index (Phi) is 10.1. The van der Waals surface area contributed by atoms with E-state index in [1.54, 1.807) is 32.9 Å². The molecule has 4 atom stereocenters. The van der Waals surface area contributed by atoms with E-state index in [1.807, 2.05) is 18.2 Å². The van der Waals surface area contributed by atoms with Crippen molar-refractivity contribution in [1.29, 1.82) is 0 Å². The Hall–Kier alpha value is -2.96. The molecule has 1 fully saturated rings. The molecular formula is C25H32F2N3O8P. The number of nitrogens with zero attached hydrogens (tertiary/aromatic N) is 2. The van der Waals surface area contributed by atoms with E-state index in [4.69, 9.17) is 18.5 Å². The van der Waals surface area contributed by atoms with Gasteiger partial charge in [-0.2, -0.15) is 4.98 Å². The van der Waals surface area contributed by atoms with Crippen LogP contribution in [0.15, 0.2) is 54.0 Å². The number of rotatable bonds is 13. The van der Waals surface area contributed by atoms with Crippen LogP contribution in [0, 0.1) is 5.92 Å². The van der Waals surface area contributed by atoms with Crippen molar-refractivity contribution in [2.24, 2.45) is 5.92 Å². The number of ether oxygens (including phenoxy) is 2. The lowest BCUT2D eigenvalue weighted by molar-refractivity contribution is -0.152. The number of phosphoric ester groups is 1. The zero-order chi connectivity index (χ0) is 28.8. The van der Waals surface area contributed by atoms with Crippen molar-refractivity contribution in [3.63, 3.8) is 0 Å². The van der Waals surface area contributed by atoms with Gasteiger partial charge in [0.25, 0.3) is 5.92 Å². The third-order valence-electron chi connectivity index (χ3n) is 5.65. The molecule has 0 saturated carbocycles. The SMILES string of the molecule is C=C(Nc1ccn([C@@H]2OC(COP(=O)(O)OCC[C@@H](C)C(=O)OC(C)C)CC2(F)F)c(=O)n1)c1ccccc1.